The number of anilines is 5. The molecule has 2 N–H and O–H groups in total. The van der Waals surface area contributed by atoms with Gasteiger partial charge in [0.15, 0.2) is 0 Å². The zero-order chi connectivity index (χ0) is 31.5. The molecular weight excluding hydrogens is 600 g/mol. The van der Waals surface area contributed by atoms with Gasteiger partial charge in [-0.05, 0) is 72.4 Å². The van der Waals surface area contributed by atoms with E-state index in [4.69, 9.17) is 21.3 Å². The summed E-state index contributed by atoms with van der Waals surface area (Å²) in [6.45, 7) is 5.47. The molecule has 2 aromatic carbocycles. The van der Waals surface area contributed by atoms with E-state index in [1.165, 1.54) is 5.56 Å². The molecule has 2 aliphatic rings. The van der Waals surface area contributed by atoms with Crippen molar-refractivity contribution in [3.63, 3.8) is 0 Å². The second-order valence-electron chi connectivity index (χ2n) is 11.8. The zero-order valence-electron chi connectivity index (χ0n) is 25.8. The van der Waals surface area contributed by atoms with E-state index >= 15 is 0 Å². The van der Waals surface area contributed by atoms with Crippen LogP contribution in [-0.4, -0.2) is 66.0 Å². The van der Waals surface area contributed by atoms with Gasteiger partial charge in [0.05, 0.1) is 17.3 Å². The number of nitrogens with zero attached hydrogens (tertiary/aromatic N) is 6. The molecule has 10 nitrogen and oxygen atoms in total. The van der Waals surface area contributed by atoms with E-state index in [-0.39, 0.29) is 5.56 Å². The molecule has 0 amide bonds. The topological polar surface area (TPSA) is 100 Å². The Morgan fingerprint density at radius 1 is 1.04 bits per heavy atom. The fourth-order valence-electron chi connectivity index (χ4n) is 6.40. The molecule has 7 rings (SSSR count). The van der Waals surface area contributed by atoms with Crippen molar-refractivity contribution in [1.82, 2.24) is 24.8 Å². The van der Waals surface area contributed by atoms with E-state index in [9.17, 15) is 4.79 Å². The standard InChI is InChI=1S/C35H37ClN8O2/c1-42(28-5-3-2-4-6-28)32-19-25-22-39-35(40-27-7-8-31(30(36)20-27)43-15-13-37-14-16-43)41-33(25)44(34(32)45)23-26-21-38-12-9-29(26)24-10-17-46-18-11-24/h2-9,12,19-22,24,37H,10-11,13-18,23H2,1H3,(H,39,40,41). The maximum atomic E-state index is 14.4. The van der Waals surface area contributed by atoms with Crippen molar-refractivity contribution in [1.29, 1.82) is 0 Å². The molecule has 236 valence electrons. The number of hydrogen-bond acceptors (Lipinski definition) is 9. The smallest absolute Gasteiger partial charge is 0.276 e. The molecule has 5 heterocycles. The summed E-state index contributed by atoms with van der Waals surface area (Å²) in [4.78, 5) is 32.6. The lowest BCUT2D eigenvalue weighted by Gasteiger charge is -2.30. The maximum Gasteiger partial charge on any atom is 0.276 e. The third kappa shape index (κ3) is 6.28. The van der Waals surface area contributed by atoms with Gasteiger partial charge in [-0.2, -0.15) is 4.98 Å². The third-order valence-corrected chi connectivity index (χ3v) is 9.21. The van der Waals surface area contributed by atoms with Crippen LogP contribution in [0.15, 0.2) is 84.0 Å². The van der Waals surface area contributed by atoms with Gasteiger partial charge in [0.25, 0.3) is 5.56 Å². The van der Waals surface area contributed by atoms with Crippen molar-refractivity contribution in [3.8, 4) is 0 Å². The summed E-state index contributed by atoms with van der Waals surface area (Å²) >= 11 is 6.73. The highest BCUT2D eigenvalue weighted by atomic mass is 35.5. The number of aromatic nitrogens is 4. The Hall–Kier alpha value is -4.51. The molecule has 0 spiro atoms. The predicted octanol–water partition coefficient (Wildman–Crippen LogP) is 5.70. The van der Waals surface area contributed by atoms with Crippen molar-refractivity contribution in [2.24, 2.45) is 0 Å². The number of fused-ring (bicyclic) bond motifs is 1. The van der Waals surface area contributed by atoms with Gasteiger partial charge in [-0.3, -0.25) is 14.3 Å². The first-order valence-electron chi connectivity index (χ1n) is 15.8. The van der Waals surface area contributed by atoms with Crippen LogP contribution < -0.4 is 26.0 Å². The lowest BCUT2D eigenvalue weighted by atomic mass is 9.89. The largest absolute Gasteiger partial charge is 0.381 e. The Balaban J connectivity index is 1.28. The van der Waals surface area contributed by atoms with Gasteiger partial charge in [-0.25, -0.2) is 4.98 Å². The van der Waals surface area contributed by atoms with Crippen molar-refractivity contribution in [2.45, 2.75) is 25.3 Å². The number of para-hydroxylation sites is 1. The van der Waals surface area contributed by atoms with Crippen LogP contribution in [0.4, 0.5) is 28.7 Å². The highest BCUT2D eigenvalue weighted by Gasteiger charge is 2.22. The predicted molar refractivity (Wildman–Crippen MR) is 184 cm³/mol. The molecule has 46 heavy (non-hydrogen) atoms. The minimum absolute atomic E-state index is 0.145. The van der Waals surface area contributed by atoms with E-state index in [1.807, 2.05) is 78.9 Å². The van der Waals surface area contributed by atoms with Crippen LogP contribution in [0.25, 0.3) is 11.0 Å². The number of ether oxygens (including phenoxy) is 1. The quantitative estimate of drug-likeness (QED) is 0.222. The fraction of sp³-hybridized carbons (Fsp3) is 0.314. The summed E-state index contributed by atoms with van der Waals surface area (Å²) < 4.78 is 7.38. The Morgan fingerprint density at radius 2 is 1.85 bits per heavy atom. The molecule has 2 aliphatic heterocycles. The second kappa shape index (κ2) is 13.5. The summed E-state index contributed by atoms with van der Waals surface area (Å²) in [6.07, 6.45) is 7.35. The third-order valence-electron chi connectivity index (χ3n) is 8.91. The van der Waals surface area contributed by atoms with Crippen LogP contribution in [-0.2, 0) is 11.3 Å². The van der Waals surface area contributed by atoms with Crippen LogP contribution in [0.5, 0.6) is 0 Å². The fourth-order valence-corrected chi connectivity index (χ4v) is 6.70. The SMILES string of the molecule is CN(c1ccccc1)c1cc2cnc(Nc3ccc(N4CCNCC4)c(Cl)c3)nc2n(Cc2cnccc2C2CCOCC2)c1=O. The number of halogens is 1. The zero-order valence-corrected chi connectivity index (χ0v) is 26.6. The van der Waals surface area contributed by atoms with Crippen molar-refractivity contribution in [2.75, 3.05) is 61.6 Å². The molecule has 0 saturated carbocycles. The lowest BCUT2D eigenvalue weighted by Crippen LogP contribution is -2.43. The molecule has 0 unspecified atom stereocenters. The molecular formula is C35H37ClN8O2. The van der Waals surface area contributed by atoms with Crippen LogP contribution in [0.3, 0.4) is 0 Å². The molecule has 3 aromatic heterocycles. The van der Waals surface area contributed by atoms with Gasteiger partial charge < -0.3 is 25.2 Å². The molecule has 11 heteroatoms. The van der Waals surface area contributed by atoms with Crippen LogP contribution in [0, 0.1) is 0 Å². The molecule has 0 atom stereocenters. The van der Waals surface area contributed by atoms with Crippen molar-refractivity contribution in [3.05, 3.63) is 106 Å². The van der Waals surface area contributed by atoms with Crippen LogP contribution in [0.1, 0.15) is 29.9 Å². The average Bonchev–Trinajstić information content (AvgIpc) is 3.10. The van der Waals surface area contributed by atoms with Crippen LogP contribution >= 0.6 is 11.6 Å². The number of piperazine rings is 1. The van der Waals surface area contributed by atoms with Crippen molar-refractivity contribution >= 4 is 51.3 Å². The van der Waals surface area contributed by atoms with Gasteiger partial charge in [-0.1, -0.05) is 29.8 Å². The second-order valence-corrected chi connectivity index (χ2v) is 12.2. The van der Waals surface area contributed by atoms with E-state index in [2.05, 4.69) is 31.6 Å². The number of benzene rings is 2. The van der Waals surface area contributed by atoms with E-state index in [1.54, 1.807) is 10.8 Å². The van der Waals surface area contributed by atoms with Gasteiger partial charge in [0, 0.05) is 81.8 Å². The Bertz CT molecular complexity index is 1890. The number of pyridine rings is 2. The molecule has 2 saturated heterocycles. The van der Waals surface area contributed by atoms with Crippen LogP contribution in [0.2, 0.25) is 5.02 Å². The van der Waals surface area contributed by atoms with E-state index in [0.717, 1.165) is 80.2 Å². The minimum Gasteiger partial charge on any atom is -0.381 e. The Morgan fingerprint density at radius 3 is 2.63 bits per heavy atom. The van der Waals surface area contributed by atoms with E-state index in [0.29, 0.717) is 34.8 Å². The normalized spacial score (nSPS) is 15.7. The van der Waals surface area contributed by atoms with Crippen molar-refractivity contribution < 1.29 is 4.74 Å². The summed E-state index contributed by atoms with van der Waals surface area (Å²) in [5.41, 5.74) is 5.82. The summed E-state index contributed by atoms with van der Waals surface area (Å²) in [5.74, 6) is 0.733. The summed E-state index contributed by atoms with van der Waals surface area (Å²) in [7, 11) is 1.91. The number of rotatable bonds is 8. The minimum atomic E-state index is -0.145. The molecule has 5 aromatic rings. The molecule has 2 fully saturated rings. The maximum absolute atomic E-state index is 14.4. The Labute approximate surface area is 273 Å². The highest BCUT2D eigenvalue weighted by molar-refractivity contribution is 6.33. The monoisotopic (exact) mass is 636 g/mol. The summed E-state index contributed by atoms with van der Waals surface area (Å²) in [5, 5.41) is 8.11. The van der Waals surface area contributed by atoms with Gasteiger partial charge in [0.2, 0.25) is 5.95 Å². The number of nitrogens with one attached hydrogen (secondary N) is 2. The first kappa shape index (κ1) is 30.2. The molecule has 0 radical (unpaired) electrons. The highest BCUT2D eigenvalue weighted by Crippen LogP contribution is 2.32. The summed E-state index contributed by atoms with van der Waals surface area (Å²) in [6, 6.07) is 19.7. The first-order valence-corrected chi connectivity index (χ1v) is 16.1. The number of hydrogen-bond donors (Lipinski definition) is 2. The Kier molecular flexibility index (Phi) is 8.83. The van der Waals surface area contributed by atoms with Gasteiger partial charge >= 0.3 is 0 Å². The molecule has 0 aliphatic carbocycles. The van der Waals surface area contributed by atoms with Gasteiger partial charge in [-0.15, -0.1) is 0 Å². The first-order chi connectivity index (χ1) is 22.5. The molecule has 0 bridgehead atoms. The average molecular weight is 637 g/mol. The van der Waals surface area contributed by atoms with E-state index < -0.39 is 0 Å². The van der Waals surface area contributed by atoms with Gasteiger partial charge in [0.1, 0.15) is 11.3 Å². The lowest BCUT2D eigenvalue weighted by molar-refractivity contribution is 0.0851.